The van der Waals surface area contributed by atoms with Gasteiger partial charge in [0.05, 0.1) is 16.7 Å². The number of anilines is 3. The number of rotatable bonds is 6. The van der Waals surface area contributed by atoms with Crippen LogP contribution in [0.2, 0.25) is 0 Å². The van der Waals surface area contributed by atoms with Gasteiger partial charge < -0.3 is 9.47 Å². The molecular formula is C64H40N2S. The number of hydrogen-bond donors (Lipinski definition) is 0. The van der Waals surface area contributed by atoms with Crippen molar-refractivity contribution in [1.82, 2.24) is 4.57 Å². The third kappa shape index (κ3) is 5.95. The van der Waals surface area contributed by atoms with Gasteiger partial charge in [-0.1, -0.05) is 164 Å². The normalized spacial score (nSPS) is 11.9. The van der Waals surface area contributed by atoms with Gasteiger partial charge in [-0.3, -0.25) is 0 Å². The molecule has 67 heavy (non-hydrogen) atoms. The Hall–Kier alpha value is -8.50. The Morgan fingerprint density at radius 3 is 1.58 bits per heavy atom. The van der Waals surface area contributed by atoms with Crippen LogP contribution in [0.5, 0.6) is 0 Å². The molecule has 0 bridgehead atoms. The van der Waals surface area contributed by atoms with Crippen LogP contribution in [0.15, 0.2) is 243 Å². The van der Waals surface area contributed by atoms with Crippen LogP contribution in [0.25, 0.3) is 113 Å². The van der Waals surface area contributed by atoms with E-state index in [1.54, 1.807) is 0 Å². The molecule has 312 valence electrons. The number of hydrogen-bond acceptors (Lipinski definition) is 2. The fourth-order valence-electron chi connectivity index (χ4n) is 10.9. The van der Waals surface area contributed by atoms with Gasteiger partial charge in [-0.05, 0) is 139 Å². The second-order valence-corrected chi connectivity index (χ2v) is 18.7. The fraction of sp³-hybridized carbons (Fsp3) is 0. The predicted molar refractivity (Wildman–Crippen MR) is 289 cm³/mol. The molecule has 2 heterocycles. The molecule has 0 radical (unpaired) electrons. The summed E-state index contributed by atoms with van der Waals surface area (Å²) in [5.41, 5.74) is 11.7. The summed E-state index contributed by atoms with van der Waals surface area (Å²) in [6.07, 6.45) is 0. The molecule has 0 unspecified atom stereocenters. The molecule has 0 fully saturated rings. The summed E-state index contributed by atoms with van der Waals surface area (Å²) in [5.74, 6) is 0. The monoisotopic (exact) mass is 868 g/mol. The van der Waals surface area contributed by atoms with Gasteiger partial charge in [0.15, 0.2) is 0 Å². The molecule has 2 nitrogen and oxygen atoms in total. The minimum atomic E-state index is 1.10. The van der Waals surface area contributed by atoms with E-state index in [0.29, 0.717) is 0 Å². The smallest absolute Gasteiger partial charge is 0.0541 e. The molecular weight excluding hydrogens is 829 g/mol. The summed E-state index contributed by atoms with van der Waals surface area (Å²) in [7, 11) is 0. The average Bonchev–Trinajstić information content (AvgIpc) is 3.94. The van der Waals surface area contributed by atoms with Crippen molar-refractivity contribution in [2.45, 2.75) is 0 Å². The molecule has 0 aliphatic heterocycles. The first kappa shape index (κ1) is 37.8. The highest BCUT2D eigenvalue weighted by Crippen LogP contribution is 2.46. The Balaban J connectivity index is 0.959. The van der Waals surface area contributed by atoms with Crippen LogP contribution < -0.4 is 4.90 Å². The van der Waals surface area contributed by atoms with Gasteiger partial charge in [0.25, 0.3) is 0 Å². The Morgan fingerprint density at radius 2 is 0.821 bits per heavy atom. The Labute approximate surface area is 391 Å². The third-order valence-corrected chi connectivity index (χ3v) is 15.1. The van der Waals surface area contributed by atoms with Crippen LogP contribution in [-0.2, 0) is 0 Å². The van der Waals surface area contributed by atoms with Crippen LogP contribution in [0.1, 0.15) is 0 Å². The fourth-order valence-corrected chi connectivity index (χ4v) is 12.0. The van der Waals surface area contributed by atoms with E-state index in [1.807, 2.05) is 11.3 Å². The highest BCUT2D eigenvalue weighted by Gasteiger charge is 2.21. The maximum Gasteiger partial charge on any atom is 0.0541 e. The molecule has 0 amide bonds. The summed E-state index contributed by atoms with van der Waals surface area (Å²) in [6.45, 7) is 0. The second-order valence-electron chi connectivity index (χ2n) is 17.6. The van der Waals surface area contributed by atoms with Crippen LogP contribution in [-0.4, -0.2) is 4.57 Å². The minimum Gasteiger partial charge on any atom is -0.310 e. The highest BCUT2D eigenvalue weighted by molar-refractivity contribution is 7.25. The van der Waals surface area contributed by atoms with Crippen LogP contribution in [0.3, 0.4) is 0 Å². The van der Waals surface area contributed by atoms with E-state index in [9.17, 15) is 0 Å². The molecule has 2 aromatic heterocycles. The third-order valence-electron chi connectivity index (χ3n) is 14.0. The Kier molecular flexibility index (Phi) is 8.49. The first-order chi connectivity index (χ1) is 33.2. The van der Waals surface area contributed by atoms with E-state index in [1.165, 1.54) is 107 Å². The molecule has 0 aliphatic rings. The van der Waals surface area contributed by atoms with Gasteiger partial charge in [-0.25, -0.2) is 0 Å². The van der Waals surface area contributed by atoms with Crippen molar-refractivity contribution in [1.29, 1.82) is 0 Å². The first-order valence-electron chi connectivity index (χ1n) is 23.0. The van der Waals surface area contributed by atoms with Crippen LogP contribution >= 0.6 is 11.3 Å². The zero-order valence-corrected chi connectivity index (χ0v) is 37.2. The summed E-state index contributed by atoms with van der Waals surface area (Å²) in [6, 6.07) is 89.6. The molecule has 0 aliphatic carbocycles. The zero-order chi connectivity index (χ0) is 44.0. The van der Waals surface area contributed by atoms with E-state index >= 15 is 0 Å². The van der Waals surface area contributed by atoms with Crippen molar-refractivity contribution >= 4 is 113 Å². The highest BCUT2D eigenvalue weighted by atomic mass is 32.1. The van der Waals surface area contributed by atoms with Crippen molar-refractivity contribution in [3.8, 4) is 27.9 Å². The van der Waals surface area contributed by atoms with Gasteiger partial charge in [-0.15, -0.1) is 11.3 Å². The molecule has 0 N–H and O–H groups in total. The molecule has 14 aromatic rings. The molecule has 0 atom stereocenters. The van der Waals surface area contributed by atoms with Crippen LogP contribution in [0, 0.1) is 0 Å². The molecule has 14 rings (SSSR count). The summed E-state index contributed by atoms with van der Waals surface area (Å²) < 4.78 is 5.03. The van der Waals surface area contributed by atoms with Crippen molar-refractivity contribution in [2.75, 3.05) is 4.90 Å². The molecule has 0 spiro atoms. The number of benzene rings is 12. The quantitative estimate of drug-likeness (QED) is 0.151. The number of aromatic nitrogens is 1. The van der Waals surface area contributed by atoms with Crippen LogP contribution in [0.4, 0.5) is 17.1 Å². The molecule has 3 heteroatoms. The van der Waals surface area contributed by atoms with Gasteiger partial charge in [-0.2, -0.15) is 0 Å². The summed E-state index contributed by atoms with van der Waals surface area (Å²) >= 11 is 1.86. The zero-order valence-electron chi connectivity index (χ0n) is 36.4. The lowest BCUT2D eigenvalue weighted by Gasteiger charge is -2.28. The standard InChI is InChI=1S/C64H40N2S/c1-2-14-44(15-3-1)66-60-24-12-10-22-55(60)58-39-43(28-35-62(58)66)47-34-36-61(54-21-9-8-16-48(47)54)65(46-32-33-53-51-19-5-4-17-49(51)50-18-6-7-20-52(50)57(53)40-46)45-30-26-41(27-31-45)42-29-37-64-59(38-42)56-23-11-13-25-63(56)67-64/h1-40H. The average molecular weight is 869 g/mol. The molecule has 0 saturated heterocycles. The first-order valence-corrected chi connectivity index (χ1v) is 23.8. The predicted octanol–water partition coefficient (Wildman–Crippen LogP) is 18.6. The van der Waals surface area contributed by atoms with E-state index in [4.69, 9.17) is 0 Å². The lowest BCUT2D eigenvalue weighted by atomic mass is 9.93. The van der Waals surface area contributed by atoms with E-state index in [0.717, 1.165) is 22.7 Å². The topological polar surface area (TPSA) is 8.17 Å². The lowest BCUT2D eigenvalue weighted by molar-refractivity contribution is 1.18. The van der Waals surface area contributed by atoms with Crippen molar-refractivity contribution in [2.24, 2.45) is 0 Å². The van der Waals surface area contributed by atoms with E-state index in [-0.39, 0.29) is 0 Å². The lowest BCUT2D eigenvalue weighted by Crippen LogP contribution is -2.10. The number of fused-ring (bicyclic) bond motifs is 13. The second kappa shape index (κ2) is 15.0. The van der Waals surface area contributed by atoms with Gasteiger partial charge >= 0.3 is 0 Å². The van der Waals surface area contributed by atoms with E-state index < -0.39 is 0 Å². The Morgan fingerprint density at radius 1 is 0.284 bits per heavy atom. The number of nitrogens with zero attached hydrogens (tertiary/aromatic N) is 2. The van der Waals surface area contributed by atoms with Crippen molar-refractivity contribution < 1.29 is 0 Å². The van der Waals surface area contributed by atoms with Gasteiger partial charge in [0, 0.05) is 53.4 Å². The SMILES string of the molecule is c1ccc(-n2c3ccccc3c3cc(-c4ccc(N(c5ccc(-c6ccc7sc8ccccc8c7c6)cc5)c5ccc6c7ccccc7c7ccccc7c6c5)c5ccccc45)ccc32)cc1. The molecule has 0 saturated carbocycles. The molecule has 12 aromatic carbocycles. The Bertz CT molecular complexity index is 4240. The number of para-hydroxylation sites is 2. The maximum atomic E-state index is 2.46. The largest absolute Gasteiger partial charge is 0.310 e. The van der Waals surface area contributed by atoms with Gasteiger partial charge in [0.2, 0.25) is 0 Å². The van der Waals surface area contributed by atoms with Crippen molar-refractivity contribution in [3.63, 3.8) is 0 Å². The summed E-state index contributed by atoms with van der Waals surface area (Å²) in [5, 5.41) is 15.1. The number of thiophene rings is 1. The van der Waals surface area contributed by atoms with E-state index in [2.05, 4.69) is 252 Å². The van der Waals surface area contributed by atoms with Gasteiger partial charge in [0.1, 0.15) is 0 Å². The van der Waals surface area contributed by atoms with Crippen molar-refractivity contribution in [3.05, 3.63) is 243 Å². The maximum absolute atomic E-state index is 2.46. The summed E-state index contributed by atoms with van der Waals surface area (Å²) in [4.78, 5) is 2.46. The minimum absolute atomic E-state index is 1.10.